The van der Waals surface area contributed by atoms with Gasteiger partial charge in [0, 0.05) is 5.56 Å². The summed E-state index contributed by atoms with van der Waals surface area (Å²) in [7, 11) is 0. The second-order valence-corrected chi connectivity index (χ2v) is 5.05. The van der Waals surface area contributed by atoms with Crippen molar-refractivity contribution in [2.24, 2.45) is 0 Å². The number of hydrogen-bond donors (Lipinski definition) is 2. The molecule has 3 rings (SSSR count). The van der Waals surface area contributed by atoms with Crippen molar-refractivity contribution in [3.8, 4) is 11.8 Å². The molecule has 0 aliphatic carbocycles. The molecular formula is C17H14BrN4O2-. The third-order valence-corrected chi connectivity index (χ3v) is 3.48. The summed E-state index contributed by atoms with van der Waals surface area (Å²) in [6, 6.07) is 16.1. The number of nitrogens with zero attached hydrogens (tertiary/aromatic N) is 2. The fourth-order valence-electron chi connectivity index (χ4n) is 2.34. The van der Waals surface area contributed by atoms with Crippen LogP contribution in [0.5, 0.6) is 5.75 Å². The number of ether oxygens (including phenoxy) is 1. The molecule has 1 aliphatic heterocycles. The first-order valence-electron chi connectivity index (χ1n) is 7.04. The van der Waals surface area contributed by atoms with Gasteiger partial charge in [0.05, 0.1) is 18.2 Å². The minimum Gasteiger partial charge on any atom is -1.00 e. The first-order chi connectivity index (χ1) is 11.2. The third-order valence-electron chi connectivity index (χ3n) is 3.48. The monoisotopic (exact) mass is 385 g/mol. The lowest BCUT2D eigenvalue weighted by Crippen LogP contribution is -3.00. The highest BCUT2D eigenvalue weighted by molar-refractivity contribution is 6.01. The molecule has 1 aliphatic rings. The molecule has 0 atom stereocenters. The van der Waals surface area contributed by atoms with Gasteiger partial charge >= 0.3 is 0 Å². The minimum absolute atomic E-state index is 0. The number of halogens is 1. The lowest BCUT2D eigenvalue weighted by Gasteiger charge is -2.19. The zero-order valence-corrected chi connectivity index (χ0v) is 14.2. The SMILES string of the molecule is N#Cc1ccc(OCC(=O)NN2Cc3ccccc3C2=N)cc1.[Br-]. The minimum atomic E-state index is -0.341. The summed E-state index contributed by atoms with van der Waals surface area (Å²) in [5.74, 6) is 0.443. The summed E-state index contributed by atoms with van der Waals surface area (Å²) >= 11 is 0. The molecule has 7 heteroatoms. The Morgan fingerprint density at radius 1 is 1.25 bits per heavy atom. The fourth-order valence-corrected chi connectivity index (χ4v) is 2.34. The van der Waals surface area contributed by atoms with Gasteiger partial charge in [0.25, 0.3) is 5.91 Å². The highest BCUT2D eigenvalue weighted by Gasteiger charge is 2.24. The topological polar surface area (TPSA) is 89.2 Å². The fraction of sp³-hybridized carbons (Fsp3) is 0.118. The number of hydrogen-bond acceptors (Lipinski definition) is 4. The first-order valence-corrected chi connectivity index (χ1v) is 7.04. The van der Waals surface area contributed by atoms with Gasteiger partial charge in [0.1, 0.15) is 11.6 Å². The maximum absolute atomic E-state index is 12.0. The van der Waals surface area contributed by atoms with E-state index in [1.165, 1.54) is 5.01 Å². The quantitative estimate of drug-likeness (QED) is 0.692. The smallest absolute Gasteiger partial charge is 0.276 e. The molecule has 0 spiro atoms. The number of rotatable bonds is 4. The van der Waals surface area contributed by atoms with Crippen LogP contribution in [0.4, 0.5) is 0 Å². The lowest BCUT2D eigenvalue weighted by molar-refractivity contribution is -0.126. The van der Waals surface area contributed by atoms with E-state index in [-0.39, 0.29) is 35.3 Å². The van der Waals surface area contributed by atoms with Crippen molar-refractivity contribution < 1.29 is 26.5 Å². The van der Waals surface area contributed by atoms with E-state index in [2.05, 4.69) is 5.43 Å². The van der Waals surface area contributed by atoms with Gasteiger partial charge in [0.2, 0.25) is 0 Å². The van der Waals surface area contributed by atoms with Gasteiger partial charge in [0.15, 0.2) is 6.61 Å². The number of carbonyl (C=O) groups excluding carboxylic acids is 1. The Kier molecular flexibility index (Phi) is 5.55. The third kappa shape index (κ3) is 3.73. The molecule has 0 fully saturated rings. The van der Waals surface area contributed by atoms with Crippen LogP contribution in [0.3, 0.4) is 0 Å². The van der Waals surface area contributed by atoms with Gasteiger partial charge in [-0.1, -0.05) is 24.3 Å². The van der Waals surface area contributed by atoms with Gasteiger partial charge in [-0.25, -0.2) is 0 Å². The van der Waals surface area contributed by atoms with Gasteiger partial charge < -0.3 is 21.7 Å². The maximum Gasteiger partial charge on any atom is 0.276 e. The molecule has 24 heavy (non-hydrogen) atoms. The van der Waals surface area contributed by atoms with Crippen molar-refractivity contribution >= 4 is 11.7 Å². The van der Waals surface area contributed by atoms with Crippen LogP contribution < -0.4 is 27.1 Å². The first kappa shape index (κ1) is 17.5. The summed E-state index contributed by atoms with van der Waals surface area (Å²) in [6.07, 6.45) is 0. The predicted molar refractivity (Wildman–Crippen MR) is 83.6 cm³/mol. The highest BCUT2D eigenvalue weighted by atomic mass is 79.9. The Morgan fingerprint density at radius 3 is 2.62 bits per heavy atom. The van der Waals surface area contributed by atoms with Gasteiger partial charge in [-0.05, 0) is 29.8 Å². The molecule has 0 radical (unpaired) electrons. The van der Waals surface area contributed by atoms with Crippen LogP contribution in [0.15, 0.2) is 48.5 Å². The number of amides is 1. The number of benzene rings is 2. The molecule has 0 aromatic heterocycles. The molecule has 0 saturated heterocycles. The molecular weight excluding hydrogens is 372 g/mol. The number of fused-ring (bicyclic) bond motifs is 1. The van der Waals surface area contributed by atoms with Crippen LogP contribution in [0.1, 0.15) is 16.7 Å². The average Bonchev–Trinajstić information content (AvgIpc) is 2.90. The van der Waals surface area contributed by atoms with E-state index in [1.807, 2.05) is 30.3 Å². The molecule has 2 aromatic rings. The summed E-state index contributed by atoms with van der Waals surface area (Å²) in [4.78, 5) is 12.0. The molecule has 0 saturated carbocycles. The number of amidine groups is 1. The molecule has 2 N–H and O–H groups in total. The van der Waals surface area contributed by atoms with E-state index < -0.39 is 0 Å². The largest absolute Gasteiger partial charge is 1.00 e. The number of nitrogens with one attached hydrogen (secondary N) is 2. The number of carbonyl (C=O) groups is 1. The second kappa shape index (κ2) is 7.62. The van der Waals surface area contributed by atoms with Crippen LogP contribution in [-0.2, 0) is 11.3 Å². The van der Waals surface area contributed by atoms with Crippen LogP contribution in [0.25, 0.3) is 0 Å². The van der Waals surface area contributed by atoms with Gasteiger partial charge in [-0.3, -0.25) is 20.6 Å². The normalized spacial score (nSPS) is 12.0. The van der Waals surface area contributed by atoms with Crippen LogP contribution in [-0.4, -0.2) is 23.4 Å². The van der Waals surface area contributed by atoms with Crippen LogP contribution in [0, 0.1) is 16.7 Å². The molecule has 6 nitrogen and oxygen atoms in total. The molecule has 2 aromatic carbocycles. The Hall–Kier alpha value is -2.85. The standard InChI is InChI=1S/C17H14N4O2.BrH/c18-9-12-5-7-14(8-6-12)23-11-16(22)20-21-10-13-3-1-2-4-15(13)17(21)19;/h1-8,19H,10-11H2,(H,20,22);1H/p-1. The zero-order chi connectivity index (χ0) is 16.2. The number of nitriles is 1. The van der Waals surface area contributed by atoms with Crippen molar-refractivity contribution in [3.05, 3.63) is 65.2 Å². The molecule has 0 unspecified atom stereocenters. The summed E-state index contributed by atoms with van der Waals surface area (Å²) in [6.45, 7) is 0.309. The summed E-state index contributed by atoms with van der Waals surface area (Å²) < 4.78 is 5.37. The van der Waals surface area contributed by atoms with Crippen molar-refractivity contribution in [1.82, 2.24) is 10.4 Å². The lowest BCUT2D eigenvalue weighted by atomic mass is 10.1. The number of hydrazine groups is 1. The summed E-state index contributed by atoms with van der Waals surface area (Å²) in [5, 5.41) is 18.3. The van der Waals surface area contributed by atoms with E-state index in [9.17, 15) is 4.79 Å². The van der Waals surface area contributed by atoms with Crippen LogP contribution in [0.2, 0.25) is 0 Å². The Balaban J connectivity index is 0.00000208. The van der Waals surface area contributed by atoms with E-state index in [0.717, 1.165) is 11.1 Å². The van der Waals surface area contributed by atoms with E-state index >= 15 is 0 Å². The molecule has 122 valence electrons. The van der Waals surface area contributed by atoms with Crippen LogP contribution >= 0.6 is 0 Å². The maximum atomic E-state index is 12.0. The highest BCUT2D eigenvalue weighted by Crippen LogP contribution is 2.20. The average molecular weight is 386 g/mol. The van der Waals surface area contributed by atoms with Crippen molar-refractivity contribution in [1.29, 1.82) is 10.7 Å². The Bertz CT molecular complexity index is 799. The summed E-state index contributed by atoms with van der Waals surface area (Å²) in [5.41, 5.74) is 5.02. The van der Waals surface area contributed by atoms with Crippen molar-refractivity contribution in [2.75, 3.05) is 6.61 Å². The van der Waals surface area contributed by atoms with Crippen molar-refractivity contribution in [3.63, 3.8) is 0 Å². The molecule has 0 bridgehead atoms. The molecule has 1 amide bonds. The van der Waals surface area contributed by atoms with Gasteiger partial charge in [-0.2, -0.15) is 5.26 Å². The second-order valence-electron chi connectivity index (χ2n) is 5.05. The predicted octanol–water partition coefficient (Wildman–Crippen LogP) is -1.19. The van der Waals surface area contributed by atoms with E-state index in [0.29, 0.717) is 17.9 Å². The zero-order valence-electron chi connectivity index (χ0n) is 12.6. The van der Waals surface area contributed by atoms with E-state index in [4.69, 9.17) is 15.4 Å². The molecule has 1 heterocycles. The van der Waals surface area contributed by atoms with Crippen molar-refractivity contribution in [2.45, 2.75) is 6.54 Å². The Labute approximate surface area is 149 Å². The van der Waals surface area contributed by atoms with Gasteiger partial charge in [-0.15, -0.1) is 0 Å². The van der Waals surface area contributed by atoms with E-state index in [1.54, 1.807) is 24.3 Å². The Morgan fingerprint density at radius 2 is 1.96 bits per heavy atom.